The Labute approximate surface area is 208 Å². The minimum Gasteiger partial charge on any atom is -0.493 e. The maximum atomic E-state index is 13.1. The first-order valence-electron chi connectivity index (χ1n) is 11.2. The number of likely N-dealkylation sites (N-methyl/N-ethyl adjacent to an activating group) is 1. The van der Waals surface area contributed by atoms with Gasteiger partial charge in [-0.2, -0.15) is 0 Å². The molecule has 0 saturated carbocycles. The van der Waals surface area contributed by atoms with Crippen molar-refractivity contribution in [3.8, 4) is 5.75 Å². The standard InChI is InChI=1S/C25H26ClN3O4S/c1-3-29-24(31)22(16-18-14-19(26)8-9-21(18)33-4-2)34-25(29)27-20-7-5-6-17(15-20)23(30)28-10-12-32-13-11-28/h5-9,14-16H,3-4,10-13H2,1-2H3/b22-16+,27-25?. The topological polar surface area (TPSA) is 71.4 Å². The van der Waals surface area contributed by atoms with Crippen LogP contribution in [0.4, 0.5) is 5.69 Å². The van der Waals surface area contributed by atoms with E-state index >= 15 is 0 Å². The predicted molar refractivity (Wildman–Crippen MR) is 136 cm³/mol. The van der Waals surface area contributed by atoms with Crippen molar-refractivity contribution in [3.63, 3.8) is 0 Å². The van der Waals surface area contributed by atoms with Gasteiger partial charge in [0.15, 0.2) is 5.17 Å². The Bertz CT molecular complexity index is 1140. The van der Waals surface area contributed by atoms with E-state index in [1.807, 2.05) is 26.0 Å². The molecule has 0 unspecified atom stereocenters. The number of halogens is 1. The summed E-state index contributed by atoms with van der Waals surface area (Å²) in [6, 6.07) is 12.5. The SMILES string of the molecule is CCOc1ccc(Cl)cc1/C=C1/SC(=Nc2cccc(C(=O)N3CCOCC3)c2)N(CC)C1=O. The van der Waals surface area contributed by atoms with E-state index in [0.717, 1.165) is 5.56 Å². The van der Waals surface area contributed by atoms with Gasteiger partial charge in [0, 0.05) is 35.8 Å². The van der Waals surface area contributed by atoms with E-state index in [9.17, 15) is 9.59 Å². The highest BCUT2D eigenvalue weighted by Gasteiger charge is 2.32. The van der Waals surface area contributed by atoms with Gasteiger partial charge in [-0.05, 0) is 68.1 Å². The Balaban J connectivity index is 1.61. The fourth-order valence-electron chi connectivity index (χ4n) is 3.70. The Hall–Kier alpha value is -2.81. The van der Waals surface area contributed by atoms with Crippen molar-refractivity contribution >= 4 is 52.1 Å². The van der Waals surface area contributed by atoms with Crippen LogP contribution in [0.15, 0.2) is 52.4 Å². The highest BCUT2D eigenvalue weighted by Crippen LogP contribution is 2.36. The Kier molecular flexibility index (Phi) is 7.92. The van der Waals surface area contributed by atoms with Gasteiger partial charge in [-0.1, -0.05) is 17.7 Å². The van der Waals surface area contributed by atoms with Crippen LogP contribution in [-0.2, 0) is 9.53 Å². The smallest absolute Gasteiger partial charge is 0.266 e. The van der Waals surface area contributed by atoms with Crippen LogP contribution in [-0.4, -0.2) is 66.2 Å². The molecule has 4 rings (SSSR count). The second kappa shape index (κ2) is 11.1. The first-order chi connectivity index (χ1) is 16.5. The maximum Gasteiger partial charge on any atom is 0.266 e. The van der Waals surface area contributed by atoms with Crippen molar-refractivity contribution in [2.75, 3.05) is 39.5 Å². The normalized spacial score (nSPS) is 18.7. The van der Waals surface area contributed by atoms with Gasteiger partial charge in [0.2, 0.25) is 0 Å². The van der Waals surface area contributed by atoms with Crippen molar-refractivity contribution in [3.05, 3.63) is 63.5 Å². The molecule has 2 aliphatic heterocycles. The highest BCUT2D eigenvalue weighted by molar-refractivity contribution is 8.18. The molecule has 2 heterocycles. The number of hydrogen-bond acceptors (Lipinski definition) is 6. The Morgan fingerprint density at radius 3 is 2.74 bits per heavy atom. The van der Waals surface area contributed by atoms with Crippen LogP contribution in [0.1, 0.15) is 29.8 Å². The Morgan fingerprint density at radius 2 is 2.00 bits per heavy atom. The van der Waals surface area contributed by atoms with Gasteiger partial charge in [0.05, 0.1) is 30.4 Å². The summed E-state index contributed by atoms with van der Waals surface area (Å²) in [5, 5.41) is 1.13. The summed E-state index contributed by atoms with van der Waals surface area (Å²) in [6.07, 6.45) is 1.79. The molecule has 0 aliphatic carbocycles. The van der Waals surface area contributed by atoms with E-state index in [1.165, 1.54) is 11.8 Å². The number of nitrogens with zero attached hydrogens (tertiary/aromatic N) is 3. The number of amidine groups is 1. The monoisotopic (exact) mass is 499 g/mol. The number of thioether (sulfide) groups is 1. The van der Waals surface area contributed by atoms with Crippen molar-refractivity contribution in [2.24, 2.45) is 4.99 Å². The summed E-state index contributed by atoms with van der Waals surface area (Å²) < 4.78 is 11.0. The molecule has 178 valence electrons. The molecule has 0 spiro atoms. The molecule has 2 amide bonds. The lowest BCUT2D eigenvalue weighted by Crippen LogP contribution is -2.40. The number of amides is 2. The van der Waals surface area contributed by atoms with Gasteiger partial charge >= 0.3 is 0 Å². The van der Waals surface area contributed by atoms with Crippen LogP contribution in [0.25, 0.3) is 6.08 Å². The fourth-order valence-corrected chi connectivity index (χ4v) is 4.93. The molecular formula is C25H26ClN3O4S. The number of rotatable bonds is 6. The third-order valence-corrected chi connectivity index (χ3v) is 6.62. The fraction of sp³-hybridized carbons (Fsp3) is 0.320. The van der Waals surface area contributed by atoms with Gasteiger partial charge in [0.1, 0.15) is 5.75 Å². The minimum atomic E-state index is -0.130. The summed E-state index contributed by atoms with van der Waals surface area (Å²) in [5.41, 5.74) is 1.92. The Morgan fingerprint density at radius 1 is 1.21 bits per heavy atom. The van der Waals surface area contributed by atoms with Gasteiger partial charge in [-0.3, -0.25) is 14.5 Å². The van der Waals surface area contributed by atoms with Crippen molar-refractivity contribution in [2.45, 2.75) is 13.8 Å². The lowest BCUT2D eigenvalue weighted by atomic mass is 10.1. The van der Waals surface area contributed by atoms with E-state index in [1.54, 1.807) is 46.2 Å². The number of carbonyl (C=O) groups is 2. The van der Waals surface area contributed by atoms with E-state index in [0.29, 0.717) is 71.6 Å². The summed E-state index contributed by atoms with van der Waals surface area (Å²) in [6.45, 7) is 7.03. The van der Waals surface area contributed by atoms with Crippen LogP contribution in [0, 0.1) is 0 Å². The zero-order valence-corrected chi connectivity index (χ0v) is 20.7. The van der Waals surface area contributed by atoms with Gasteiger partial charge in [-0.25, -0.2) is 4.99 Å². The van der Waals surface area contributed by atoms with Crippen molar-refractivity contribution in [1.29, 1.82) is 0 Å². The molecule has 34 heavy (non-hydrogen) atoms. The van der Waals surface area contributed by atoms with Crippen LogP contribution >= 0.6 is 23.4 Å². The largest absolute Gasteiger partial charge is 0.493 e. The molecular weight excluding hydrogens is 474 g/mol. The van der Waals surface area contributed by atoms with E-state index in [4.69, 9.17) is 26.1 Å². The second-order valence-corrected chi connectivity index (χ2v) is 9.07. The predicted octanol–water partition coefficient (Wildman–Crippen LogP) is 4.84. The van der Waals surface area contributed by atoms with Crippen LogP contribution in [0.3, 0.4) is 0 Å². The molecule has 7 nitrogen and oxygen atoms in total. The lowest BCUT2D eigenvalue weighted by molar-refractivity contribution is -0.122. The molecule has 2 saturated heterocycles. The highest BCUT2D eigenvalue weighted by atomic mass is 35.5. The number of benzene rings is 2. The first-order valence-corrected chi connectivity index (χ1v) is 12.4. The molecule has 0 radical (unpaired) electrons. The minimum absolute atomic E-state index is 0.0437. The zero-order valence-electron chi connectivity index (χ0n) is 19.1. The summed E-state index contributed by atoms with van der Waals surface area (Å²) >= 11 is 7.47. The average Bonchev–Trinajstić information content (AvgIpc) is 3.14. The number of aliphatic imine (C=N–C) groups is 1. The van der Waals surface area contributed by atoms with Gasteiger partial charge < -0.3 is 14.4 Å². The lowest BCUT2D eigenvalue weighted by Gasteiger charge is -2.26. The molecule has 0 N–H and O–H groups in total. The summed E-state index contributed by atoms with van der Waals surface area (Å²) in [7, 11) is 0. The quantitative estimate of drug-likeness (QED) is 0.532. The van der Waals surface area contributed by atoms with Gasteiger partial charge in [0.25, 0.3) is 11.8 Å². The summed E-state index contributed by atoms with van der Waals surface area (Å²) in [4.78, 5) is 34.6. The average molecular weight is 500 g/mol. The molecule has 0 aromatic heterocycles. The van der Waals surface area contributed by atoms with Crippen LogP contribution in [0.2, 0.25) is 5.02 Å². The van der Waals surface area contributed by atoms with Crippen LogP contribution < -0.4 is 4.74 Å². The molecule has 2 aromatic carbocycles. The maximum absolute atomic E-state index is 13.1. The van der Waals surface area contributed by atoms with Crippen molar-refractivity contribution in [1.82, 2.24) is 9.80 Å². The third kappa shape index (κ3) is 5.46. The van der Waals surface area contributed by atoms with Crippen molar-refractivity contribution < 1.29 is 19.1 Å². The second-order valence-electron chi connectivity index (χ2n) is 7.62. The number of hydrogen-bond donors (Lipinski definition) is 0. The summed E-state index contributed by atoms with van der Waals surface area (Å²) in [5.74, 6) is 0.489. The third-order valence-electron chi connectivity index (χ3n) is 5.38. The van der Waals surface area contributed by atoms with Gasteiger partial charge in [-0.15, -0.1) is 0 Å². The van der Waals surface area contributed by atoms with E-state index in [-0.39, 0.29) is 11.8 Å². The molecule has 2 aliphatic rings. The van der Waals surface area contributed by atoms with E-state index < -0.39 is 0 Å². The number of carbonyl (C=O) groups excluding carboxylic acids is 2. The zero-order chi connectivity index (χ0) is 24.1. The molecule has 9 heteroatoms. The van der Waals surface area contributed by atoms with E-state index in [2.05, 4.69) is 0 Å². The number of morpholine rings is 1. The first kappa shape index (κ1) is 24.3. The van der Waals surface area contributed by atoms with Crippen LogP contribution in [0.5, 0.6) is 5.75 Å². The molecule has 2 fully saturated rings. The molecule has 0 atom stereocenters. The molecule has 0 bridgehead atoms. The number of ether oxygens (including phenoxy) is 2. The molecule has 2 aromatic rings.